The highest BCUT2D eigenvalue weighted by Crippen LogP contribution is 2.20. The smallest absolute Gasteiger partial charge is 0.338 e. The van der Waals surface area contributed by atoms with E-state index in [1.54, 1.807) is 62.4 Å². The van der Waals surface area contributed by atoms with Gasteiger partial charge < -0.3 is 30.3 Å². The van der Waals surface area contributed by atoms with E-state index in [4.69, 9.17) is 4.74 Å². The van der Waals surface area contributed by atoms with Crippen LogP contribution in [0, 0.1) is 0 Å². The lowest BCUT2D eigenvalue weighted by Crippen LogP contribution is -2.46. The molecule has 0 amide bonds. The molecule has 1 aromatic heterocycles. The van der Waals surface area contributed by atoms with Crippen molar-refractivity contribution in [3.05, 3.63) is 59.7 Å². The van der Waals surface area contributed by atoms with E-state index in [0.29, 0.717) is 35.5 Å². The summed E-state index contributed by atoms with van der Waals surface area (Å²) in [6, 6.07) is 13.8. The summed E-state index contributed by atoms with van der Waals surface area (Å²) in [5.41, 5.74) is 2.33. The van der Waals surface area contributed by atoms with Crippen molar-refractivity contribution in [1.82, 2.24) is 15.0 Å². The van der Waals surface area contributed by atoms with Crippen molar-refractivity contribution in [1.29, 1.82) is 0 Å². The van der Waals surface area contributed by atoms with Gasteiger partial charge in [-0.05, 0) is 81.8 Å². The fraction of sp³-hybridized carbons (Fsp3) is 0.320. The number of nitrogens with one attached hydrogen (secondary N) is 3. The molecule has 0 aliphatic rings. The molecule has 11 nitrogen and oxygen atoms in total. The Morgan fingerprint density at radius 1 is 0.919 bits per heavy atom. The summed E-state index contributed by atoms with van der Waals surface area (Å²) < 4.78 is 5.21. The van der Waals surface area contributed by atoms with Gasteiger partial charge in [-0.2, -0.15) is 15.0 Å². The van der Waals surface area contributed by atoms with Crippen molar-refractivity contribution in [2.75, 3.05) is 22.5 Å². The number of aromatic nitrogens is 3. The van der Waals surface area contributed by atoms with E-state index in [1.165, 1.54) is 13.5 Å². The molecule has 0 fully saturated rings. The summed E-state index contributed by atoms with van der Waals surface area (Å²) in [5, 5.41) is 9.25. The van der Waals surface area contributed by atoms with Gasteiger partial charge in [-0.1, -0.05) is 6.55 Å². The highest BCUT2D eigenvalue weighted by molar-refractivity contribution is 6.61. The van der Waals surface area contributed by atoms with Crippen LogP contribution < -0.4 is 20.7 Å². The van der Waals surface area contributed by atoms with Crippen molar-refractivity contribution in [2.45, 2.75) is 45.9 Å². The number of hydrogen-bond donors (Lipinski definition) is 4. The minimum atomic E-state index is -3.38. The number of nitrogens with zero attached hydrogens (tertiary/aromatic N) is 3. The standard InChI is InChI=1S/C25H31N6O5Si/c1-16(2)36-22(33)19-8-12-21(13-9-19)28-25-30-23(26-14-5-15-37(4,34)35)29-24(31-25)27-20-10-6-18(7-11-20)17(3)32/h6-13,16,34H,5,14-15H2,1-4H3,(H3,26,27,28,29,30,31)/q-1. The topological polar surface area (TPSA) is 161 Å². The molecule has 4 N–H and O–H groups in total. The monoisotopic (exact) mass is 523 g/mol. The van der Waals surface area contributed by atoms with Crippen molar-refractivity contribution >= 4 is 49.5 Å². The van der Waals surface area contributed by atoms with Gasteiger partial charge in [0.05, 0.1) is 20.2 Å². The number of carbonyl (C=O) groups excluding carboxylic acids is 2. The summed E-state index contributed by atoms with van der Waals surface area (Å²) in [6.07, 6.45) is 0.258. The molecule has 12 heteroatoms. The zero-order valence-corrected chi connectivity index (χ0v) is 22.2. The molecule has 1 atom stereocenters. The van der Waals surface area contributed by atoms with Gasteiger partial charge in [-0.15, -0.1) is 0 Å². The van der Waals surface area contributed by atoms with E-state index >= 15 is 0 Å². The highest BCUT2D eigenvalue weighted by Gasteiger charge is 2.12. The summed E-state index contributed by atoms with van der Waals surface area (Å²) >= 11 is 0. The number of carbonyl (C=O) groups is 2. The fourth-order valence-electron chi connectivity index (χ4n) is 3.20. The third kappa shape index (κ3) is 9.26. The number of benzene rings is 2. The second-order valence-corrected chi connectivity index (χ2v) is 11.8. The van der Waals surface area contributed by atoms with Crippen molar-refractivity contribution < 1.29 is 23.9 Å². The molecule has 2 aromatic carbocycles. The minimum absolute atomic E-state index is 0.0340. The van der Waals surface area contributed by atoms with Crippen LogP contribution in [-0.2, 0) is 4.74 Å². The maximum atomic E-state index is 12.1. The van der Waals surface area contributed by atoms with Crippen LogP contribution in [0.15, 0.2) is 48.5 Å². The molecule has 1 unspecified atom stereocenters. The zero-order chi connectivity index (χ0) is 27.0. The first-order valence-electron chi connectivity index (χ1n) is 11.9. The van der Waals surface area contributed by atoms with Gasteiger partial charge in [-0.25, -0.2) is 4.79 Å². The van der Waals surface area contributed by atoms with Gasteiger partial charge in [-0.3, -0.25) is 4.79 Å². The summed E-state index contributed by atoms with van der Waals surface area (Å²) in [4.78, 5) is 57.9. The first kappa shape index (κ1) is 27.7. The molecular formula is C25H31N6O5Si-. The van der Waals surface area contributed by atoms with Crippen LogP contribution in [-0.4, -0.2) is 52.7 Å². The number of ether oxygens (including phenoxy) is 1. The second-order valence-electron chi connectivity index (χ2n) is 8.93. The lowest BCUT2D eigenvalue weighted by atomic mass is 10.1. The van der Waals surface area contributed by atoms with Gasteiger partial charge >= 0.3 is 5.97 Å². The van der Waals surface area contributed by atoms with E-state index < -0.39 is 14.5 Å². The average molecular weight is 524 g/mol. The molecule has 0 bridgehead atoms. The third-order valence-electron chi connectivity index (χ3n) is 5.00. The Morgan fingerprint density at radius 3 is 1.86 bits per heavy atom. The summed E-state index contributed by atoms with van der Waals surface area (Å²) in [5.74, 6) is 0.314. The maximum absolute atomic E-state index is 12.1. The van der Waals surface area contributed by atoms with Crippen LogP contribution in [0.2, 0.25) is 12.6 Å². The van der Waals surface area contributed by atoms with Crippen LogP contribution in [0.5, 0.6) is 0 Å². The van der Waals surface area contributed by atoms with Crippen LogP contribution >= 0.6 is 0 Å². The van der Waals surface area contributed by atoms with E-state index in [9.17, 15) is 19.2 Å². The third-order valence-corrected chi connectivity index (χ3v) is 6.28. The van der Waals surface area contributed by atoms with Crippen molar-refractivity contribution in [2.24, 2.45) is 0 Å². The zero-order valence-electron chi connectivity index (χ0n) is 21.2. The van der Waals surface area contributed by atoms with Crippen LogP contribution in [0.1, 0.15) is 47.9 Å². The van der Waals surface area contributed by atoms with Gasteiger partial charge in [0, 0.05) is 23.5 Å². The summed E-state index contributed by atoms with van der Waals surface area (Å²) in [6.45, 7) is 6.82. The highest BCUT2D eigenvalue weighted by atomic mass is 28.4. The predicted molar refractivity (Wildman–Crippen MR) is 142 cm³/mol. The average Bonchev–Trinajstić information content (AvgIpc) is 2.81. The molecule has 196 valence electrons. The number of rotatable bonds is 12. The van der Waals surface area contributed by atoms with Gasteiger partial charge in [0.1, 0.15) is 0 Å². The van der Waals surface area contributed by atoms with Crippen LogP contribution in [0.3, 0.4) is 0 Å². The molecule has 1 heterocycles. The molecule has 0 spiro atoms. The normalized spacial score (nSPS) is 12.5. The largest absolute Gasteiger partial charge is 0.838 e. The number of hydrogen-bond acceptors (Lipinski definition) is 11. The lowest BCUT2D eigenvalue weighted by molar-refractivity contribution is -0.232. The molecule has 0 radical (unpaired) electrons. The van der Waals surface area contributed by atoms with E-state index in [-0.39, 0.29) is 35.8 Å². The number of anilines is 5. The van der Waals surface area contributed by atoms with E-state index in [2.05, 4.69) is 30.9 Å². The first-order valence-corrected chi connectivity index (χ1v) is 14.4. The molecule has 3 aromatic rings. The number of esters is 1. The first-order chi connectivity index (χ1) is 17.5. The molecule has 0 aliphatic heterocycles. The Balaban J connectivity index is 1.78. The molecular weight excluding hydrogens is 492 g/mol. The lowest BCUT2D eigenvalue weighted by Gasteiger charge is -2.26. The minimum Gasteiger partial charge on any atom is -0.838 e. The second kappa shape index (κ2) is 12.4. The summed E-state index contributed by atoms with van der Waals surface area (Å²) in [7, 11) is -3.38. The van der Waals surface area contributed by atoms with Crippen LogP contribution in [0.25, 0.3) is 0 Å². The molecule has 0 aliphatic carbocycles. The maximum Gasteiger partial charge on any atom is 0.338 e. The molecule has 0 saturated heterocycles. The predicted octanol–water partition coefficient (Wildman–Crippen LogP) is 3.35. The quantitative estimate of drug-likeness (QED) is 0.119. The number of Topliss-reactive ketones (excluding diaryl/α,β-unsaturated/α-hetero) is 1. The Labute approximate surface area is 216 Å². The number of ketones is 1. The Hall–Kier alpha value is -3.87. The Bertz CT molecular complexity index is 1210. The Kier molecular flexibility index (Phi) is 9.28. The van der Waals surface area contributed by atoms with Gasteiger partial charge in [0.15, 0.2) is 5.78 Å². The van der Waals surface area contributed by atoms with E-state index in [0.717, 1.165) is 0 Å². The molecule has 0 saturated carbocycles. The SMILES string of the molecule is CC(=O)c1ccc(Nc2nc(NCCC[Si](C)([O-])O)nc(Nc3ccc(C(=O)OC(C)C)cc3)n2)cc1. The Morgan fingerprint density at radius 2 is 1.41 bits per heavy atom. The molecule has 3 rings (SSSR count). The van der Waals surface area contributed by atoms with Crippen molar-refractivity contribution in [3.63, 3.8) is 0 Å². The van der Waals surface area contributed by atoms with Crippen LogP contribution in [0.4, 0.5) is 29.2 Å². The molecule has 37 heavy (non-hydrogen) atoms. The fourth-order valence-corrected chi connectivity index (χ4v) is 4.03. The van der Waals surface area contributed by atoms with Gasteiger partial charge in [0.25, 0.3) is 0 Å². The van der Waals surface area contributed by atoms with E-state index in [1.807, 2.05) is 0 Å². The van der Waals surface area contributed by atoms with Crippen molar-refractivity contribution in [3.8, 4) is 0 Å². The van der Waals surface area contributed by atoms with Gasteiger partial charge in [0.2, 0.25) is 17.8 Å².